The number of carbonyl (C=O) groups excluding carboxylic acids is 2. The van der Waals surface area contributed by atoms with Crippen molar-refractivity contribution >= 4 is 27.3 Å². The normalized spacial score (nSPS) is 18.2. The average Bonchev–Trinajstić information content (AvgIpc) is 2.82. The van der Waals surface area contributed by atoms with E-state index in [1.807, 2.05) is 0 Å². The van der Waals surface area contributed by atoms with Gasteiger partial charge in [0.25, 0.3) is 5.69 Å². The predicted molar refractivity (Wildman–Crippen MR) is 74.3 cm³/mol. The molecule has 1 saturated carbocycles. The zero-order valence-corrected chi connectivity index (χ0v) is 12.5. The smallest absolute Gasteiger partial charge is 0.339 e. The van der Waals surface area contributed by atoms with E-state index in [0.717, 1.165) is 24.5 Å². The molecule has 1 atom stereocenters. The number of esters is 1. The molecule has 0 radical (unpaired) electrons. The molecule has 0 amide bonds. The minimum atomic E-state index is -3.80. The van der Waals surface area contributed by atoms with Gasteiger partial charge in [-0.05, 0) is 25.0 Å². The molecule has 1 fully saturated rings. The van der Waals surface area contributed by atoms with Crippen molar-refractivity contribution in [2.75, 3.05) is 6.26 Å². The first-order chi connectivity index (χ1) is 10.2. The first-order valence-corrected chi connectivity index (χ1v) is 8.31. The van der Waals surface area contributed by atoms with E-state index in [0.29, 0.717) is 19.3 Å². The van der Waals surface area contributed by atoms with Gasteiger partial charge in [0.1, 0.15) is 4.90 Å². The number of ketones is 1. The summed E-state index contributed by atoms with van der Waals surface area (Å²) in [5, 5.41) is 11.0. The molecule has 8 nitrogen and oxygen atoms in total. The second-order valence-electron chi connectivity index (χ2n) is 4.96. The van der Waals surface area contributed by atoms with Crippen LogP contribution in [0, 0.1) is 10.1 Å². The van der Waals surface area contributed by atoms with Crippen molar-refractivity contribution in [1.29, 1.82) is 0 Å². The van der Waals surface area contributed by atoms with Crippen LogP contribution in [0.2, 0.25) is 0 Å². The molecule has 1 aliphatic rings. The summed E-state index contributed by atoms with van der Waals surface area (Å²) in [6, 6.07) is 2.96. The predicted octanol–water partition coefficient (Wildman–Crippen LogP) is 1.28. The van der Waals surface area contributed by atoms with E-state index < -0.39 is 37.4 Å². The van der Waals surface area contributed by atoms with Gasteiger partial charge in [0, 0.05) is 18.7 Å². The van der Waals surface area contributed by atoms with Gasteiger partial charge in [-0.1, -0.05) is 0 Å². The van der Waals surface area contributed by atoms with Crippen molar-refractivity contribution in [2.45, 2.75) is 30.3 Å². The number of nitrogens with zero attached hydrogens (tertiary/aromatic N) is 1. The molecule has 0 unspecified atom stereocenters. The SMILES string of the molecule is CS(=O)(=O)c1ccc(C(=O)O[C@H]2CCCC2=O)cc1[N+](=O)[O-]. The Balaban J connectivity index is 2.32. The number of Topliss-reactive ketones (excluding diaryl/α,β-unsaturated/α-hetero) is 1. The van der Waals surface area contributed by atoms with E-state index >= 15 is 0 Å². The summed E-state index contributed by atoms with van der Waals surface area (Å²) >= 11 is 0. The second kappa shape index (κ2) is 5.84. The Morgan fingerprint density at radius 2 is 2.09 bits per heavy atom. The highest BCUT2D eigenvalue weighted by Gasteiger charge is 2.30. The Morgan fingerprint density at radius 3 is 2.59 bits per heavy atom. The molecular weight excluding hydrogens is 314 g/mol. The summed E-state index contributed by atoms with van der Waals surface area (Å²) in [7, 11) is -3.80. The van der Waals surface area contributed by atoms with Crippen LogP contribution in [0.4, 0.5) is 5.69 Å². The summed E-state index contributed by atoms with van der Waals surface area (Å²) in [4.78, 5) is 33.0. The minimum Gasteiger partial charge on any atom is -0.451 e. The van der Waals surface area contributed by atoms with Crippen LogP contribution in [-0.2, 0) is 19.4 Å². The molecule has 0 spiro atoms. The van der Waals surface area contributed by atoms with Crippen LogP contribution in [0.3, 0.4) is 0 Å². The van der Waals surface area contributed by atoms with Gasteiger partial charge in [0.15, 0.2) is 21.7 Å². The van der Waals surface area contributed by atoms with Crippen molar-refractivity contribution in [2.24, 2.45) is 0 Å². The fourth-order valence-corrected chi connectivity index (χ4v) is 3.03. The molecular formula is C13H13NO7S. The standard InChI is InChI=1S/C13H13NO7S/c1-22(19,20)12-6-5-8(7-9(12)14(17)18)13(16)21-11-4-2-3-10(11)15/h5-7,11H,2-4H2,1H3/t11-/m0/s1. The molecule has 118 valence electrons. The lowest BCUT2D eigenvalue weighted by Gasteiger charge is -2.10. The molecule has 1 aromatic carbocycles. The first kappa shape index (κ1) is 16.1. The summed E-state index contributed by atoms with van der Waals surface area (Å²) in [6.45, 7) is 0. The van der Waals surface area contributed by atoms with Crippen molar-refractivity contribution in [3.8, 4) is 0 Å². The van der Waals surface area contributed by atoms with Gasteiger partial charge in [-0.15, -0.1) is 0 Å². The second-order valence-corrected chi connectivity index (χ2v) is 6.95. The monoisotopic (exact) mass is 327 g/mol. The molecule has 1 aliphatic carbocycles. The van der Waals surface area contributed by atoms with E-state index in [4.69, 9.17) is 4.74 Å². The van der Waals surface area contributed by atoms with Gasteiger partial charge >= 0.3 is 5.97 Å². The molecule has 22 heavy (non-hydrogen) atoms. The van der Waals surface area contributed by atoms with Gasteiger partial charge in [-0.25, -0.2) is 13.2 Å². The van der Waals surface area contributed by atoms with Crippen LogP contribution >= 0.6 is 0 Å². The maximum atomic E-state index is 11.9. The van der Waals surface area contributed by atoms with Crippen LogP contribution in [0.5, 0.6) is 0 Å². The van der Waals surface area contributed by atoms with E-state index in [9.17, 15) is 28.1 Å². The van der Waals surface area contributed by atoms with Gasteiger partial charge < -0.3 is 4.74 Å². The topological polar surface area (TPSA) is 121 Å². The fourth-order valence-electron chi connectivity index (χ4n) is 2.21. The van der Waals surface area contributed by atoms with Crippen molar-refractivity contribution in [3.63, 3.8) is 0 Å². The molecule has 0 aliphatic heterocycles. The molecule has 0 N–H and O–H groups in total. The van der Waals surface area contributed by atoms with E-state index in [1.165, 1.54) is 0 Å². The largest absolute Gasteiger partial charge is 0.451 e. The van der Waals surface area contributed by atoms with Crippen molar-refractivity contribution in [3.05, 3.63) is 33.9 Å². The van der Waals surface area contributed by atoms with Crippen molar-refractivity contribution < 1.29 is 27.7 Å². The lowest BCUT2D eigenvalue weighted by molar-refractivity contribution is -0.387. The van der Waals surface area contributed by atoms with Gasteiger partial charge in [0.2, 0.25) is 0 Å². The third-order valence-corrected chi connectivity index (χ3v) is 4.43. The Kier molecular flexibility index (Phi) is 4.27. The number of benzene rings is 1. The number of carbonyl (C=O) groups is 2. The van der Waals surface area contributed by atoms with Crippen LogP contribution in [0.25, 0.3) is 0 Å². The Morgan fingerprint density at radius 1 is 1.41 bits per heavy atom. The molecule has 2 rings (SSSR count). The summed E-state index contributed by atoms with van der Waals surface area (Å²) < 4.78 is 28.0. The lowest BCUT2D eigenvalue weighted by atomic mass is 10.2. The van der Waals surface area contributed by atoms with E-state index in [-0.39, 0.29) is 11.3 Å². The van der Waals surface area contributed by atoms with Gasteiger partial charge in [0.05, 0.1) is 10.5 Å². The number of ether oxygens (including phenoxy) is 1. The maximum absolute atomic E-state index is 11.9. The zero-order chi connectivity index (χ0) is 16.5. The Bertz CT molecular complexity index is 754. The summed E-state index contributed by atoms with van der Waals surface area (Å²) in [5.74, 6) is -1.07. The van der Waals surface area contributed by atoms with Gasteiger partial charge in [-0.2, -0.15) is 0 Å². The maximum Gasteiger partial charge on any atom is 0.339 e. The number of nitro groups is 1. The number of sulfone groups is 1. The third kappa shape index (κ3) is 3.30. The molecule has 0 heterocycles. The molecule has 9 heteroatoms. The average molecular weight is 327 g/mol. The highest BCUT2D eigenvalue weighted by molar-refractivity contribution is 7.90. The quantitative estimate of drug-likeness (QED) is 0.464. The summed E-state index contributed by atoms with van der Waals surface area (Å²) in [5.41, 5.74) is -0.867. The number of hydrogen-bond acceptors (Lipinski definition) is 7. The van der Waals surface area contributed by atoms with Crippen LogP contribution in [0.15, 0.2) is 23.1 Å². The highest BCUT2D eigenvalue weighted by atomic mass is 32.2. The molecule has 0 aromatic heterocycles. The zero-order valence-electron chi connectivity index (χ0n) is 11.6. The van der Waals surface area contributed by atoms with E-state index in [1.54, 1.807) is 0 Å². The Labute approximate surface area is 126 Å². The summed E-state index contributed by atoms with van der Waals surface area (Å²) in [6.07, 6.45) is 1.40. The highest BCUT2D eigenvalue weighted by Crippen LogP contribution is 2.26. The van der Waals surface area contributed by atoms with E-state index in [2.05, 4.69) is 0 Å². The van der Waals surface area contributed by atoms with Gasteiger partial charge in [-0.3, -0.25) is 14.9 Å². The number of rotatable bonds is 4. The minimum absolute atomic E-state index is 0.168. The molecule has 0 bridgehead atoms. The fraction of sp³-hybridized carbons (Fsp3) is 0.385. The van der Waals surface area contributed by atoms with Crippen LogP contribution in [-0.4, -0.2) is 37.5 Å². The van der Waals surface area contributed by atoms with Crippen LogP contribution < -0.4 is 0 Å². The van der Waals surface area contributed by atoms with Crippen molar-refractivity contribution in [1.82, 2.24) is 0 Å². The lowest BCUT2D eigenvalue weighted by Crippen LogP contribution is -2.22. The number of hydrogen-bond donors (Lipinski definition) is 0. The third-order valence-electron chi connectivity index (χ3n) is 3.29. The molecule has 1 aromatic rings. The van der Waals surface area contributed by atoms with Crippen LogP contribution in [0.1, 0.15) is 29.6 Å². The Hall–Kier alpha value is -2.29. The first-order valence-electron chi connectivity index (χ1n) is 6.42. The number of nitro benzene ring substituents is 1. The molecule has 0 saturated heterocycles.